The Hall–Kier alpha value is -1.77. The third kappa shape index (κ3) is 2.80. The second-order valence-corrected chi connectivity index (χ2v) is 5.45. The molecule has 0 fully saturated rings. The van der Waals surface area contributed by atoms with E-state index in [-0.39, 0.29) is 0 Å². The molecule has 0 spiro atoms. The van der Waals surface area contributed by atoms with Crippen molar-refractivity contribution in [3.63, 3.8) is 0 Å². The van der Waals surface area contributed by atoms with E-state index in [9.17, 15) is 0 Å². The lowest BCUT2D eigenvalue weighted by Gasteiger charge is -2.08. The fourth-order valence-electron chi connectivity index (χ4n) is 2.57. The predicted octanol–water partition coefficient (Wildman–Crippen LogP) is 3.22. The lowest BCUT2D eigenvalue weighted by molar-refractivity contribution is 0.743. The van der Waals surface area contributed by atoms with Crippen molar-refractivity contribution in [2.24, 2.45) is 7.05 Å². The van der Waals surface area contributed by atoms with Crippen LogP contribution in [0.25, 0.3) is 0 Å². The monoisotopic (exact) mass is 257 g/mol. The molecule has 2 rings (SSSR count). The van der Waals surface area contributed by atoms with Gasteiger partial charge in [-0.15, -0.1) is 0 Å². The summed E-state index contributed by atoms with van der Waals surface area (Å²) < 4.78 is 1.79. The summed E-state index contributed by atoms with van der Waals surface area (Å²) in [5.74, 6) is 1.22. The Morgan fingerprint density at radius 2 is 1.89 bits per heavy atom. The summed E-state index contributed by atoms with van der Waals surface area (Å²) in [7, 11) is 1.92. The first-order chi connectivity index (χ1) is 9.00. The molecule has 1 aromatic carbocycles. The number of nitrogen functional groups attached to an aromatic ring is 1. The quantitative estimate of drug-likeness (QED) is 0.914. The van der Waals surface area contributed by atoms with Crippen LogP contribution in [0.2, 0.25) is 0 Å². The van der Waals surface area contributed by atoms with Crippen LogP contribution in [0.15, 0.2) is 24.3 Å². The van der Waals surface area contributed by atoms with E-state index in [0.29, 0.717) is 5.92 Å². The van der Waals surface area contributed by atoms with Crippen LogP contribution in [0, 0.1) is 6.92 Å². The van der Waals surface area contributed by atoms with Crippen molar-refractivity contribution in [2.45, 2.75) is 39.5 Å². The molecule has 2 N–H and O–H groups in total. The molecule has 0 aliphatic carbocycles. The summed E-state index contributed by atoms with van der Waals surface area (Å²) >= 11 is 0. The third-order valence-corrected chi connectivity index (χ3v) is 3.68. The highest BCUT2D eigenvalue weighted by molar-refractivity contribution is 5.45. The number of aromatic nitrogens is 2. The second kappa shape index (κ2) is 5.47. The van der Waals surface area contributed by atoms with Gasteiger partial charge in [0.2, 0.25) is 0 Å². The van der Waals surface area contributed by atoms with Crippen LogP contribution in [0.4, 0.5) is 5.82 Å². The van der Waals surface area contributed by atoms with Crippen LogP contribution in [-0.4, -0.2) is 9.78 Å². The van der Waals surface area contributed by atoms with Gasteiger partial charge in [0.05, 0.1) is 5.69 Å². The van der Waals surface area contributed by atoms with Crippen molar-refractivity contribution < 1.29 is 0 Å². The van der Waals surface area contributed by atoms with E-state index in [1.165, 1.54) is 16.7 Å². The summed E-state index contributed by atoms with van der Waals surface area (Å²) in [6.45, 7) is 6.50. The zero-order valence-corrected chi connectivity index (χ0v) is 12.3. The average Bonchev–Trinajstić information content (AvgIpc) is 2.64. The van der Waals surface area contributed by atoms with Crippen molar-refractivity contribution in [1.29, 1.82) is 0 Å². The highest BCUT2D eigenvalue weighted by atomic mass is 15.3. The molecule has 0 atom stereocenters. The number of hydrogen-bond donors (Lipinski definition) is 1. The summed E-state index contributed by atoms with van der Waals surface area (Å²) in [5.41, 5.74) is 11.2. The van der Waals surface area contributed by atoms with Crippen LogP contribution in [0.3, 0.4) is 0 Å². The Balaban J connectivity index is 2.21. The summed E-state index contributed by atoms with van der Waals surface area (Å²) in [6.07, 6.45) is 1.96. The molecule has 0 radical (unpaired) electrons. The van der Waals surface area contributed by atoms with Crippen molar-refractivity contribution in [3.05, 3.63) is 46.6 Å². The molecule has 1 aromatic heterocycles. The zero-order chi connectivity index (χ0) is 14.0. The van der Waals surface area contributed by atoms with Crippen LogP contribution in [0.1, 0.15) is 42.1 Å². The first kappa shape index (κ1) is 13.7. The number of aryl methyl sites for hydroxylation is 4. The lowest BCUT2D eigenvalue weighted by Crippen LogP contribution is -2.01. The molecule has 102 valence electrons. The molecule has 0 saturated carbocycles. The minimum atomic E-state index is 0.417. The van der Waals surface area contributed by atoms with Crippen molar-refractivity contribution in [1.82, 2.24) is 9.78 Å². The van der Waals surface area contributed by atoms with Crippen LogP contribution >= 0.6 is 0 Å². The van der Waals surface area contributed by atoms with E-state index in [4.69, 9.17) is 5.73 Å². The SMILES string of the molecule is Cc1ccccc1CCc1nn(C)c(N)c1C(C)C. The van der Waals surface area contributed by atoms with Crippen LogP contribution in [0.5, 0.6) is 0 Å². The molecule has 0 amide bonds. The Kier molecular flexibility index (Phi) is 3.93. The molecule has 0 aliphatic heterocycles. The summed E-state index contributed by atoms with van der Waals surface area (Å²) in [4.78, 5) is 0. The van der Waals surface area contributed by atoms with E-state index < -0.39 is 0 Å². The van der Waals surface area contributed by atoms with Gasteiger partial charge in [0.1, 0.15) is 5.82 Å². The molecule has 3 heteroatoms. The third-order valence-electron chi connectivity index (χ3n) is 3.68. The molecular weight excluding hydrogens is 234 g/mol. The minimum Gasteiger partial charge on any atom is -0.384 e. The van der Waals surface area contributed by atoms with Crippen LogP contribution < -0.4 is 5.73 Å². The number of hydrogen-bond acceptors (Lipinski definition) is 2. The smallest absolute Gasteiger partial charge is 0.125 e. The van der Waals surface area contributed by atoms with E-state index in [1.807, 2.05) is 7.05 Å². The number of benzene rings is 1. The van der Waals surface area contributed by atoms with Gasteiger partial charge >= 0.3 is 0 Å². The van der Waals surface area contributed by atoms with Gasteiger partial charge in [0.15, 0.2) is 0 Å². The summed E-state index contributed by atoms with van der Waals surface area (Å²) in [5, 5.41) is 4.57. The standard InChI is InChI=1S/C16H23N3/c1-11(2)15-14(18-19(4)16(15)17)10-9-13-8-6-5-7-12(13)3/h5-8,11H,9-10,17H2,1-4H3. The average molecular weight is 257 g/mol. The first-order valence-corrected chi connectivity index (χ1v) is 6.86. The van der Waals surface area contributed by atoms with Gasteiger partial charge in [0.25, 0.3) is 0 Å². The lowest BCUT2D eigenvalue weighted by atomic mass is 9.97. The van der Waals surface area contributed by atoms with Crippen LogP contribution in [-0.2, 0) is 19.9 Å². The topological polar surface area (TPSA) is 43.8 Å². The number of rotatable bonds is 4. The number of anilines is 1. The highest BCUT2D eigenvalue weighted by Crippen LogP contribution is 2.26. The molecule has 2 aromatic rings. The van der Waals surface area contributed by atoms with Crippen molar-refractivity contribution in [3.8, 4) is 0 Å². The Bertz CT molecular complexity index is 567. The minimum absolute atomic E-state index is 0.417. The number of nitrogens with zero attached hydrogens (tertiary/aromatic N) is 2. The molecule has 0 unspecified atom stereocenters. The Morgan fingerprint density at radius 1 is 1.21 bits per heavy atom. The maximum Gasteiger partial charge on any atom is 0.125 e. The van der Waals surface area contributed by atoms with Gasteiger partial charge in [-0.05, 0) is 36.8 Å². The number of nitrogens with two attached hydrogens (primary N) is 1. The zero-order valence-electron chi connectivity index (χ0n) is 12.3. The van der Waals surface area contributed by atoms with Gasteiger partial charge < -0.3 is 5.73 Å². The molecule has 3 nitrogen and oxygen atoms in total. The van der Waals surface area contributed by atoms with Crippen molar-refractivity contribution in [2.75, 3.05) is 5.73 Å². The maximum atomic E-state index is 6.10. The predicted molar refractivity (Wildman–Crippen MR) is 80.3 cm³/mol. The van der Waals surface area contributed by atoms with E-state index in [0.717, 1.165) is 24.4 Å². The summed E-state index contributed by atoms with van der Waals surface area (Å²) in [6, 6.07) is 8.53. The Morgan fingerprint density at radius 3 is 2.53 bits per heavy atom. The Labute approximate surface area is 115 Å². The van der Waals surface area contributed by atoms with E-state index >= 15 is 0 Å². The van der Waals surface area contributed by atoms with Gasteiger partial charge in [-0.1, -0.05) is 38.1 Å². The molecular formula is C16H23N3. The second-order valence-electron chi connectivity index (χ2n) is 5.45. The molecule has 19 heavy (non-hydrogen) atoms. The van der Waals surface area contributed by atoms with Gasteiger partial charge in [-0.25, -0.2) is 0 Å². The normalized spacial score (nSPS) is 11.2. The van der Waals surface area contributed by atoms with Gasteiger partial charge in [-0.3, -0.25) is 4.68 Å². The van der Waals surface area contributed by atoms with Gasteiger partial charge in [0, 0.05) is 12.6 Å². The largest absolute Gasteiger partial charge is 0.384 e. The molecule has 0 bridgehead atoms. The van der Waals surface area contributed by atoms with E-state index in [1.54, 1.807) is 4.68 Å². The molecule has 0 aliphatic rings. The maximum absolute atomic E-state index is 6.10. The first-order valence-electron chi connectivity index (χ1n) is 6.86. The molecule has 0 saturated heterocycles. The highest BCUT2D eigenvalue weighted by Gasteiger charge is 2.16. The van der Waals surface area contributed by atoms with Crippen molar-refractivity contribution >= 4 is 5.82 Å². The fourth-order valence-corrected chi connectivity index (χ4v) is 2.57. The van der Waals surface area contributed by atoms with E-state index in [2.05, 4.69) is 50.1 Å². The molecule has 1 heterocycles. The van der Waals surface area contributed by atoms with Gasteiger partial charge in [-0.2, -0.15) is 5.10 Å². The fraction of sp³-hybridized carbons (Fsp3) is 0.438.